The number of nitrogens with zero attached hydrogens (tertiary/aromatic N) is 2. The number of hydrogen-bond donors (Lipinski definition) is 1. The van der Waals surface area contributed by atoms with Crippen LogP contribution in [-0.2, 0) is 11.3 Å². The Balaban J connectivity index is 2.03. The van der Waals surface area contributed by atoms with E-state index in [9.17, 15) is 4.79 Å². The molecule has 0 saturated carbocycles. The highest BCUT2D eigenvalue weighted by molar-refractivity contribution is 6.05. The summed E-state index contributed by atoms with van der Waals surface area (Å²) in [5, 5.41) is 12.4. The van der Waals surface area contributed by atoms with Crippen molar-refractivity contribution in [3.05, 3.63) is 58.7 Å². The van der Waals surface area contributed by atoms with E-state index in [-0.39, 0.29) is 11.9 Å². The first-order chi connectivity index (χ1) is 11.5. The van der Waals surface area contributed by atoms with Crippen LogP contribution in [-0.4, -0.2) is 11.9 Å². The van der Waals surface area contributed by atoms with Crippen molar-refractivity contribution in [3.8, 4) is 6.07 Å². The molecule has 1 amide bonds. The van der Waals surface area contributed by atoms with Crippen molar-refractivity contribution < 1.29 is 4.79 Å². The average molecular weight is 319 g/mol. The van der Waals surface area contributed by atoms with Gasteiger partial charge < -0.3 is 10.2 Å². The van der Waals surface area contributed by atoms with Gasteiger partial charge in [-0.1, -0.05) is 19.1 Å². The molecule has 0 saturated heterocycles. The molecule has 0 aliphatic carbocycles. The van der Waals surface area contributed by atoms with E-state index >= 15 is 0 Å². The van der Waals surface area contributed by atoms with Gasteiger partial charge in [0.2, 0.25) is 5.91 Å². The largest absolute Gasteiger partial charge is 0.372 e. The lowest BCUT2D eigenvalue weighted by atomic mass is 10.0. The van der Waals surface area contributed by atoms with E-state index in [2.05, 4.69) is 37.4 Å². The van der Waals surface area contributed by atoms with Gasteiger partial charge in [-0.15, -0.1) is 0 Å². The van der Waals surface area contributed by atoms with Crippen LogP contribution in [0.1, 0.15) is 35.6 Å². The van der Waals surface area contributed by atoms with Gasteiger partial charge in [-0.3, -0.25) is 4.79 Å². The Morgan fingerprint density at radius 1 is 1.21 bits per heavy atom. The minimum atomic E-state index is -0.209. The predicted octanol–water partition coefficient (Wildman–Crippen LogP) is 3.91. The van der Waals surface area contributed by atoms with Crippen LogP contribution in [0, 0.1) is 25.2 Å². The second-order valence-electron chi connectivity index (χ2n) is 6.30. The third-order valence-electron chi connectivity index (χ3n) is 4.60. The summed E-state index contributed by atoms with van der Waals surface area (Å²) in [5.74, 6) is 0.0793. The topological polar surface area (TPSA) is 56.1 Å². The molecule has 0 fully saturated rings. The van der Waals surface area contributed by atoms with Crippen LogP contribution in [0.25, 0.3) is 0 Å². The van der Waals surface area contributed by atoms with Gasteiger partial charge >= 0.3 is 0 Å². The van der Waals surface area contributed by atoms with Crippen molar-refractivity contribution in [2.24, 2.45) is 0 Å². The summed E-state index contributed by atoms with van der Waals surface area (Å²) >= 11 is 0. The van der Waals surface area contributed by atoms with Crippen LogP contribution in [0.15, 0.2) is 36.4 Å². The maximum Gasteiger partial charge on any atom is 0.249 e. The number of benzene rings is 2. The zero-order valence-electron chi connectivity index (χ0n) is 14.3. The first kappa shape index (κ1) is 16.1. The number of amides is 1. The Bertz CT molecular complexity index is 835. The lowest BCUT2D eigenvalue weighted by Crippen LogP contribution is -2.46. The van der Waals surface area contributed by atoms with E-state index in [1.807, 2.05) is 30.0 Å². The number of rotatable bonds is 3. The Hall–Kier alpha value is -2.80. The molecule has 1 atom stereocenters. The fraction of sp³-hybridized carbons (Fsp3) is 0.300. The van der Waals surface area contributed by atoms with Crippen LogP contribution < -0.4 is 10.2 Å². The Morgan fingerprint density at radius 2 is 1.96 bits per heavy atom. The molecule has 24 heavy (non-hydrogen) atoms. The zero-order chi connectivity index (χ0) is 17.3. The van der Waals surface area contributed by atoms with Crippen LogP contribution in [0.5, 0.6) is 0 Å². The smallest absolute Gasteiger partial charge is 0.249 e. The van der Waals surface area contributed by atoms with Gasteiger partial charge in [-0.25, -0.2) is 0 Å². The highest BCUT2D eigenvalue weighted by Gasteiger charge is 2.31. The highest BCUT2D eigenvalue weighted by Crippen LogP contribution is 2.35. The number of hydrogen-bond acceptors (Lipinski definition) is 3. The molecule has 0 spiro atoms. The monoisotopic (exact) mass is 319 g/mol. The minimum absolute atomic E-state index is 0.0793. The van der Waals surface area contributed by atoms with Gasteiger partial charge in [-0.2, -0.15) is 5.26 Å². The summed E-state index contributed by atoms with van der Waals surface area (Å²) in [4.78, 5) is 14.7. The third-order valence-corrected chi connectivity index (χ3v) is 4.60. The quantitative estimate of drug-likeness (QED) is 0.933. The molecular formula is C20H21N3O. The van der Waals surface area contributed by atoms with Crippen LogP contribution >= 0.6 is 0 Å². The molecular weight excluding hydrogens is 298 g/mol. The molecule has 3 rings (SSSR count). The van der Waals surface area contributed by atoms with Gasteiger partial charge in [0.15, 0.2) is 0 Å². The summed E-state index contributed by atoms with van der Waals surface area (Å²) in [5.41, 5.74) is 5.85. The molecule has 122 valence electrons. The molecule has 0 radical (unpaired) electrons. The van der Waals surface area contributed by atoms with Gasteiger partial charge in [0.25, 0.3) is 0 Å². The zero-order valence-corrected chi connectivity index (χ0v) is 14.3. The standard InChI is InChI=1S/C20H21N3O/c1-4-17-20(24)23(12-16-7-5-6-15(10-16)11-21)19-9-14(3)13(2)8-18(19)22-17/h5-10,17,22H,4,12H2,1-3H3. The molecule has 0 bridgehead atoms. The van der Waals surface area contributed by atoms with Gasteiger partial charge in [0.1, 0.15) is 6.04 Å². The van der Waals surface area contributed by atoms with Crippen LogP contribution in [0.2, 0.25) is 0 Å². The van der Waals surface area contributed by atoms with Crippen molar-refractivity contribution in [1.29, 1.82) is 5.26 Å². The van der Waals surface area contributed by atoms with Gasteiger partial charge in [0, 0.05) is 0 Å². The normalized spacial score (nSPS) is 16.3. The van der Waals surface area contributed by atoms with Gasteiger partial charge in [-0.05, 0) is 61.2 Å². The number of carbonyl (C=O) groups is 1. The molecule has 1 heterocycles. The second-order valence-corrected chi connectivity index (χ2v) is 6.30. The predicted molar refractivity (Wildman–Crippen MR) is 96.0 cm³/mol. The Morgan fingerprint density at radius 3 is 2.67 bits per heavy atom. The van der Waals surface area contributed by atoms with Crippen molar-refractivity contribution in [1.82, 2.24) is 0 Å². The minimum Gasteiger partial charge on any atom is -0.372 e. The van der Waals surface area contributed by atoms with E-state index in [4.69, 9.17) is 5.26 Å². The average Bonchev–Trinajstić information content (AvgIpc) is 2.59. The highest BCUT2D eigenvalue weighted by atomic mass is 16.2. The van der Waals surface area contributed by atoms with E-state index in [1.165, 1.54) is 5.56 Å². The summed E-state index contributed by atoms with van der Waals surface area (Å²) in [6, 6.07) is 13.6. The van der Waals surface area contributed by atoms with Crippen molar-refractivity contribution in [2.75, 3.05) is 10.2 Å². The third kappa shape index (κ3) is 2.85. The molecule has 1 aliphatic rings. The Kier molecular flexibility index (Phi) is 4.26. The van der Waals surface area contributed by atoms with E-state index in [1.54, 1.807) is 6.07 Å². The molecule has 1 aliphatic heterocycles. The summed E-state index contributed by atoms with van der Waals surface area (Å²) < 4.78 is 0. The Labute approximate surface area is 142 Å². The van der Waals surface area contributed by atoms with Crippen LogP contribution in [0.3, 0.4) is 0 Å². The second kappa shape index (κ2) is 6.37. The molecule has 2 aromatic carbocycles. The molecule has 0 aromatic heterocycles. The first-order valence-electron chi connectivity index (χ1n) is 8.21. The number of anilines is 2. The molecule has 4 heteroatoms. The van der Waals surface area contributed by atoms with E-state index in [0.717, 1.165) is 28.9 Å². The number of nitrogens with one attached hydrogen (secondary N) is 1. The first-order valence-corrected chi connectivity index (χ1v) is 8.21. The fourth-order valence-corrected chi connectivity index (χ4v) is 3.06. The van der Waals surface area contributed by atoms with Gasteiger partial charge in [0.05, 0.1) is 29.6 Å². The summed E-state index contributed by atoms with van der Waals surface area (Å²) in [6.45, 7) is 6.62. The lowest BCUT2D eigenvalue weighted by molar-refractivity contribution is -0.119. The lowest BCUT2D eigenvalue weighted by Gasteiger charge is -2.35. The summed E-state index contributed by atoms with van der Waals surface area (Å²) in [7, 11) is 0. The maximum absolute atomic E-state index is 12.9. The van der Waals surface area contributed by atoms with Crippen molar-refractivity contribution in [2.45, 2.75) is 39.8 Å². The van der Waals surface area contributed by atoms with Crippen molar-refractivity contribution >= 4 is 17.3 Å². The molecule has 2 aromatic rings. The molecule has 4 nitrogen and oxygen atoms in total. The fourth-order valence-electron chi connectivity index (χ4n) is 3.06. The number of nitriles is 1. The number of carbonyl (C=O) groups excluding carboxylic acids is 1. The number of aryl methyl sites for hydroxylation is 2. The van der Waals surface area contributed by atoms with E-state index in [0.29, 0.717) is 12.1 Å². The maximum atomic E-state index is 12.9. The molecule has 1 unspecified atom stereocenters. The summed E-state index contributed by atoms with van der Waals surface area (Å²) in [6.07, 6.45) is 0.736. The SMILES string of the molecule is CCC1Nc2cc(C)c(C)cc2N(Cc2cccc(C#N)c2)C1=O. The van der Waals surface area contributed by atoms with Crippen molar-refractivity contribution in [3.63, 3.8) is 0 Å². The van der Waals surface area contributed by atoms with E-state index < -0.39 is 0 Å². The molecule has 1 N–H and O–H groups in total. The van der Waals surface area contributed by atoms with Crippen LogP contribution in [0.4, 0.5) is 11.4 Å². The number of fused-ring (bicyclic) bond motifs is 1.